The van der Waals surface area contributed by atoms with Crippen LogP contribution in [0.5, 0.6) is 0 Å². The molecule has 110 valence electrons. The lowest BCUT2D eigenvalue weighted by Gasteiger charge is -2.40. The number of hydrogen-bond donors (Lipinski definition) is 2. The third-order valence-corrected chi connectivity index (χ3v) is 5.58. The van der Waals surface area contributed by atoms with Crippen LogP contribution in [-0.4, -0.2) is 25.2 Å². The van der Waals surface area contributed by atoms with Crippen LogP contribution in [0.3, 0.4) is 0 Å². The van der Waals surface area contributed by atoms with Gasteiger partial charge in [-0.1, -0.05) is 32.1 Å². The Morgan fingerprint density at radius 2 is 1.74 bits per heavy atom. The highest BCUT2D eigenvalue weighted by atomic mass is 15.0. The highest BCUT2D eigenvalue weighted by Gasteiger charge is 2.32. The lowest BCUT2D eigenvalue weighted by Crippen LogP contribution is -2.50. The van der Waals surface area contributed by atoms with Crippen molar-refractivity contribution < 1.29 is 0 Å². The van der Waals surface area contributed by atoms with Crippen LogP contribution < -0.4 is 10.6 Å². The number of nitrogens with one attached hydrogen (secondary N) is 2. The minimum Gasteiger partial charge on any atom is -0.314 e. The molecule has 3 aliphatic rings. The van der Waals surface area contributed by atoms with Gasteiger partial charge in [0, 0.05) is 12.1 Å². The first kappa shape index (κ1) is 13.9. The van der Waals surface area contributed by atoms with Gasteiger partial charge in [-0.3, -0.25) is 0 Å². The summed E-state index contributed by atoms with van der Waals surface area (Å²) in [5.41, 5.74) is 0. The molecule has 0 aromatic carbocycles. The van der Waals surface area contributed by atoms with Crippen LogP contribution in [0, 0.1) is 11.8 Å². The molecule has 2 aliphatic carbocycles. The number of rotatable bonds is 6. The predicted molar refractivity (Wildman–Crippen MR) is 81.3 cm³/mol. The first-order valence-electron chi connectivity index (χ1n) is 8.90. The van der Waals surface area contributed by atoms with Gasteiger partial charge in [0.25, 0.3) is 0 Å². The Balaban J connectivity index is 1.42. The molecule has 3 atom stereocenters. The summed E-state index contributed by atoms with van der Waals surface area (Å²) in [5.74, 6) is 2.01. The molecule has 2 saturated carbocycles. The average molecular weight is 264 g/mol. The molecule has 2 N–H and O–H groups in total. The van der Waals surface area contributed by atoms with Gasteiger partial charge in [0.1, 0.15) is 0 Å². The van der Waals surface area contributed by atoms with Crippen molar-refractivity contribution in [2.24, 2.45) is 11.8 Å². The highest BCUT2D eigenvalue weighted by Crippen LogP contribution is 2.33. The Labute approximate surface area is 119 Å². The fourth-order valence-corrected chi connectivity index (χ4v) is 4.22. The largest absolute Gasteiger partial charge is 0.314 e. The number of piperidine rings is 1. The highest BCUT2D eigenvalue weighted by molar-refractivity contribution is 4.90. The van der Waals surface area contributed by atoms with Crippen molar-refractivity contribution in [1.82, 2.24) is 10.6 Å². The van der Waals surface area contributed by atoms with Gasteiger partial charge in [-0.05, 0) is 63.5 Å². The van der Waals surface area contributed by atoms with Gasteiger partial charge in [0.2, 0.25) is 0 Å². The molecule has 0 amide bonds. The van der Waals surface area contributed by atoms with Crippen LogP contribution in [0.4, 0.5) is 0 Å². The lowest BCUT2D eigenvalue weighted by molar-refractivity contribution is 0.182. The van der Waals surface area contributed by atoms with Gasteiger partial charge in [-0.25, -0.2) is 0 Å². The normalized spacial score (nSPS) is 36.3. The Bertz CT molecular complexity index is 256. The van der Waals surface area contributed by atoms with E-state index in [-0.39, 0.29) is 0 Å². The molecule has 3 unspecified atom stereocenters. The third kappa shape index (κ3) is 4.19. The molecular weight excluding hydrogens is 232 g/mol. The molecule has 3 rings (SSSR count). The quantitative estimate of drug-likeness (QED) is 0.718. The van der Waals surface area contributed by atoms with Crippen molar-refractivity contribution in [1.29, 1.82) is 0 Å². The minimum atomic E-state index is 0.809. The van der Waals surface area contributed by atoms with E-state index in [0.29, 0.717) is 0 Å². The van der Waals surface area contributed by atoms with E-state index in [4.69, 9.17) is 0 Å². The Morgan fingerprint density at radius 3 is 2.53 bits per heavy atom. The van der Waals surface area contributed by atoms with E-state index < -0.39 is 0 Å². The van der Waals surface area contributed by atoms with Gasteiger partial charge >= 0.3 is 0 Å². The summed E-state index contributed by atoms with van der Waals surface area (Å²) in [6, 6.07) is 1.62. The summed E-state index contributed by atoms with van der Waals surface area (Å²) in [4.78, 5) is 0. The Morgan fingerprint density at radius 1 is 0.895 bits per heavy atom. The first-order chi connectivity index (χ1) is 9.43. The van der Waals surface area contributed by atoms with Crippen molar-refractivity contribution in [3.05, 3.63) is 0 Å². The SMILES string of the molecule is C1CCC(C2CCCCC2NCCCC2CC2)NC1. The fraction of sp³-hybridized carbons (Fsp3) is 1.00. The zero-order chi connectivity index (χ0) is 12.9. The molecule has 0 spiro atoms. The molecule has 2 nitrogen and oxygen atoms in total. The standard InChI is InChI=1S/C17H32N2/c1-2-8-16(19-13-5-6-14-10-11-14)15(7-1)17-9-3-4-12-18-17/h14-19H,1-13H2. The summed E-state index contributed by atoms with van der Waals surface area (Å²) in [6.45, 7) is 2.53. The van der Waals surface area contributed by atoms with Crippen LogP contribution in [0.25, 0.3) is 0 Å². The van der Waals surface area contributed by atoms with Crippen LogP contribution >= 0.6 is 0 Å². The van der Waals surface area contributed by atoms with Gasteiger partial charge in [-0.15, -0.1) is 0 Å². The summed E-state index contributed by atoms with van der Waals surface area (Å²) < 4.78 is 0. The van der Waals surface area contributed by atoms with Crippen molar-refractivity contribution in [2.75, 3.05) is 13.1 Å². The molecule has 2 heteroatoms. The maximum absolute atomic E-state index is 3.91. The number of hydrogen-bond acceptors (Lipinski definition) is 2. The van der Waals surface area contributed by atoms with Crippen molar-refractivity contribution in [2.45, 2.75) is 82.7 Å². The van der Waals surface area contributed by atoms with E-state index in [1.807, 2.05) is 0 Å². The minimum absolute atomic E-state index is 0.809. The van der Waals surface area contributed by atoms with Crippen LogP contribution in [0.2, 0.25) is 0 Å². The molecular formula is C17H32N2. The lowest BCUT2D eigenvalue weighted by atomic mass is 9.77. The molecule has 0 aromatic rings. The average Bonchev–Trinajstić information content (AvgIpc) is 3.29. The van der Waals surface area contributed by atoms with Gasteiger partial charge in [0.05, 0.1) is 0 Å². The third-order valence-electron chi connectivity index (χ3n) is 5.58. The van der Waals surface area contributed by atoms with Gasteiger partial charge in [-0.2, -0.15) is 0 Å². The van der Waals surface area contributed by atoms with E-state index in [1.165, 1.54) is 83.7 Å². The van der Waals surface area contributed by atoms with E-state index in [1.54, 1.807) is 0 Å². The van der Waals surface area contributed by atoms with Crippen LogP contribution in [0.15, 0.2) is 0 Å². The molecule has 0 radical (unpaired) electrons. The van der Waals surface area contributed by atoms with Crippen molar-refractivity contribution >= 4 is 0 Å². The summed E-state index contributed by atoms with van der Waals surface area (Å²) in [6.07, 6.45) is 16.0. The predicted octanol–water partition coefficient (Wildman–Crippen LogP) is 3.47. The smallest absolute Gasteiger partial charge is 0.0110 e. The molecule has 19 heavy (non-hydrogen) atoms. The van der Waals surface area contributed by atoms with Crippen molar-refractivity contribution in [3.63, 3.8) is 0 Å². The van der Waals surface area contributed by atoms with E-state index in [2.05, 4.69) is 10.6 Å². The second-order valence-electron chi connectivity index (χ2n) is 7.15. The van der Waals surface area contributed by atoms with E-state index in [0.717, 1.165) is 23.9 Å². The second-order valence-corrected chi connectivity index (χ2v) is 7.15. The zero-order valence-corrected chi connectivity index (χ0v) is 12.5. The zero-order valence-electron chi connectivity index (χ0n) is 12.5. The molecule has 1 heterocycles. The summed E-state index contributed by atoms with van der Waals surface area (Å²) in [7, 11) is 0. The summed E-state index contributed by atoms with van der Waals surface area (Å²) in [5, 5.41) is 7.71. The summed E-state index contributed by atoms with van der Waals surface area (Å²) >= 11 is 0. The Kier molecular flexibility index (Phi) is 5.17. The fourth-order valence-electron chi connectivity index (χ4n) is 4.22. The molecule has 1 aliphatic heterocycles. The van der Waals surface area contributed by atoms with Crippen LogP contribution in [0.1, 0.15) is 70.6 Å². The Hall–Kier alpha value is -0.0800. The van der Waals surface area contributed by atoms with Gasteiger partial charge in [0.15, 0.2) is 0 Å². The maximum atomic E-state index is 3.91. The van der Waals surface area contributed by atoms with Gasteiger partial charge < -0.3 is 10.6 Å². The van der Waals surface area contributed by atoms with Crippen LogP contribution in [-0.2, 0) is 0 Å². The van der Waals surface area contributed by atoms with Crippen molar-refractivity contribution in [3.8, 4) is 0 Å². The molecule has 0 bridgehead atoms. The van der Waals surface area contributed by atoms with E-state index in [9.17, 15) is 0 Å². The monoisotopic (exact) mass is 264 g/mol. The maximum Gasteiger partial charge on any atom is 0.0110 e. The molecule has 1 saturated heterocycles. The van der Waals surface area contributed by atoms with E-state index >= 15 is 0 Å². The second kappa shape index (κ2) is 7.08. The molecule has 0 aromatic heterocycles. The topological polar surface area (TPSA) is 24.1 Å². The molecule has 3 fully saturated rings. The first-order valence-corrected chi connectivity index (χ1v) is 8.90.